The number of imide groups is 1. The summed E-state index contributed by atoms with van der Waals surface area (Å²) in [4.78, 5) is 94.0. The molecule has 1 N–H and O–H groups in total. The molecule has 71 heavy (non-hydrogen) atoms. The van der Waals surface area contributed by atoms with Crippen molar-refractivity contribution >= 4 is 62.3 Å². The van der Waals surface area contributed by atoms with Gasteiger partial charge in [0.2, 0.25) is 0 Å². The molecular weight excluding hydrogens is 895 g/mol. The lowest BCUT2D eigenvalue weighted by Gasteiger charge is -2.31. The lowest BCUT2D eigenvalue weighted by Crippen LogP contribution is -2.41. The Labute approximate surface area is 406 Å². The average Bonchev–Trinajstić information content (AvgIpc) is 3.86. The van der Waals surface area contributed by atoms with Gasteiger partial charge in [-0.05, 0) is 178 Å². The van der Waals surface area contributed by atoms with Crippen LogP contribution >= 0.6 is 0 Å². The van der Waals surface area contributed by atoms with Crippen molar-refractivity contribution in [2.75, 3.05) is 4.90 Å². The number of Topliss-reactive ketones (excluding diaryl/α,β-unsaturated/α-hetero) is 2. The SMILES string of the molecule is Cc1cc(C)cc(OC(=O)c2ccc3c(=O)[nH]c(C4C(=O)c5ccc6c7c(ccc(c57)C4=O)C(=O)N(c4cc(Oc5c(C)cc(Oc7cc(C)cc(C)c7)cc5C)ccc4C4=CC=CC4)C6=O)nc3c2)c1. The lowest BCUT2D eigenvalue weighted by atomic mass is 9.76. The van der Waals surface area contributed by atoms with Crippen LogP contribution in [-0.4, -0.2) is 39.3 Å². The van der Waals surface area contributed by atoms with Crippen LogP contribution in [0.2, 0.25) is 0 Å². The molecule has 0 spiro atoms. The Morgan fingerprint density at radius 3 is 1.76 bits per heavy atom. The number of H-pyrrole nitrogens is 1. The van der Waals surface area contributed by atoms with Crippen molar-refractivity contribution in [3.63, 3.8) is 0 Å². The minimum atomic E-state index is -1.57. The van der Waals surface area contributed by atoms with Gasteiger partial charge in [-0.2, -0.15) is 0 Å². The number of aromatic nitrogens is 2. The first-order chi connectivity index (χ1) is 34.1. The minimum Gasteiger partial charge on any atom is -0.457 e. The number of rotatable bonds is 9. The molecule has 3 aliphatic rings. The number of ketones is 2. The van der Waals surface area contributed by atoms with Gasteiger partial charge in [0.05, 0.1) is 22.2 Å². The molecule has 7 aromatic carbocycles. The second-order valence-electron chi connectivity index (χ2n) is 18.5. The monoisotopic (exact) mass is 937 g/mol. The Kier molecular flexibility index (Phi) is 10.6. The van der Waals surface area contributed by atoms with Crippen LogP contribution in [0.1, 0.15) is 109 Å². The van der Waals surface area contributed by atoms with Gasteiger partial charge in [-0.15, -0.1) is 0 Å². The zero-order valence-corrected chi connectivity index (χ0v) is 39.5. The molecule has 12 nitrogen and oxygen atoms in total. The molecule has 0 atom stereocenters. The summed E-state index contributed by atoms with van der Waals surface area (Å²) in [5.74, 6) is -2.40. The first-order valence-corrected chi connectivity index (χ1v) is 23.1. The number of aromatic amines is 1. The van der Waals surface area contributed by atoms with Gasteiger partial charge in [-0.1, -0.05) is 30.4 Å². The number of ether oxygens (including phenoxy) is 3. The summed E-state index contributed by atoms with van der Waals surface area (Å²) in [6, 6.07) is 30.8. The summed E-state index contributed by atoms with van der Waals surface area (Å²) in [5, 5.41) is 0.485. The highest BCUT2D eigenvalue weighted by Crippen LogP contribution is 2.45. The number of nitrogens with zero attached hydrogens (tertiary/aromatic N) is 2. The first kappa shape index (κ1) is 44.5. The molecule has 0 unspecified atom stereocenters. The van der Waals surface area contributed by atoms with Crippen LogP contribution in [0.4, 0.5) is 5.69 Å². The topological polar surface area (TPSA) is 162 Å². The lowest BCUT2D eigenvalue weighted by molar-refractivity contribution is 0.0732. The molecule has 0 saturated carbocycles. The molecule has 2 aliphatic carbocycles. The third kappa shape index (κ3) is 7.70. The van der Waals surface area contributed by atoms with Crippen LogP contribution in [0.25, 0.3) is 27.2 Å². The van der Waals surface area contributed by atoms with E-state index in [1.165, 1.54) is 42.5 Å². The quantitative estimate of drug-likeness (QED) is 0.0638. The van der Waals surface area contributed by atoms with Crippen molar-refractivity contribution in [1.82, 2.24) is 9.97 Å². The molecule has 1 aliphatic heterocycles. The van der Waals surface area contributed by atoms with Crippen LogP contribution in [-0.2, 0) is 0 Å². The summed E-state index contributed by atoms with van der Waals surface area (Å²) in [5.41, 5.74) is 7.45. The van der Waals surface area contributed by atoms with Crippen molar-refractivity contribution in [3.05, 3.63) is 210 Å². The summed E-state index contributed by atoms with van der Waals surface area (Å²) < 4.78 is 18.5. The largest absolute Gasteiger partial charge is 0.457 e. The van der Waals surface area contributed by atoms with E-state index in [1.807, 2.05) is 96.2 Å². The number of benzene rings is 7. The Hall–Kier alpha value is -9.03. The standard InChI is InChI=1S/C59H43N3O9/c1-29-19-30(2)22-38(21-29)69-40-25-33(5)54(34(6)26-40)70-37-12-14-41(35-9-7-8-10-35)48(28-37)62-57(66)45-17-15-43-49-44(16-18-46(50(45)49)58(62)67)53(64)51(52(43)63)55-60-47-27-36(11-13-42(47)56(65)61-55)59(68)71-39-23-31(3)20-32(4)24-39/h7-9,11-28,51H,10H2,1-6H3,(H,60,61,65). The maximum Gasteiger partial charge on any atom is 0.343 e. The van der Waals surface area contributed by atoms with Gasteiger partial charge in [-0.25, -0.2) is 14.7 Å². The molecule has 2 heterocycles. The molecular formula is C59H43N3O9. The Morgan fingerprint density at radius 2 is 1.15 bits per heavy atom. The van der Waals surface area contributed by atoms with Crippen molar-refractivity contribution < 1.29 is 38.2 Å². The molecule has 2 amide bonds. The number of fused-ring (bicyclic) bond motifs is 1. The maximum atomic E-state index is 14.9. The molecule has 1 aromatic heterocycles. The third-order valence-corrected chi connectivity index (χ3v) is 13.1. The van der Waals surface area contributed by atoms with Crippen molar-refractivity contribution in [3.8, 4) is 28.7 Å². The fraction of sp³-hybridized carbons (Fsp3) is 0.136. The maximum absolute atomic E-state index is 14.9. The third-order valence-electron chi connectivity index (χ3n) is 13.1. The van der Waals surface area contributed by atoms with E-state index in [0.717, 1.165) is 49.6 Å². The molecule has 0 fully saturated rings. The van der Waals surface area contributed by atoms with Crippen molar-refractivity contribution in [2.24, 2.45) is 0 Å². The van der Waals surface area contributed by atoms with Crippen LogP contribution in [0.15, 0.2) is 132 Å². The summed E-state index contributed by atoms with van der Waals surface area (Å²) in [6.07, 6.45) is 6.42. The van der Waals surface area contributed by atoms with Gasteiger partial charge in [-0.3, -0.25) is 24.0 Å². The van der Waals surface area contributed by atoms with Crippen LogP contribution < -0.4 is 24.7 Å². The van der Waals surface area contributed by atoms with Crippen molar-refractivity contribution in [2.45, 2.75) is 53.9 Å². The van der Waals surface area contributed by atoms with Gasteiger partial charge in [0.25, 0.3) is 17.4 Å². The highest BCUT2D eigenvalue weighted by Gasteiger charge is 2.43. The number of carbonyl (C=O) groups excluding carboxylic acids is 5. The van der Waals surface area contributed by atoms with Crippen LogP contribution in [0.5, 0.6) is 28.7 Å². The van der Waals surface area contributed by atoms with Gasteiger partial charge in [0, 0.05) is 44.7 Å². The van der Waals surface area contributed by atoms with Crippen LogP contribution in [0.3, 0.4) is 0 Å². The molecule has 12 heteroatoms. The Morgan fingerprint density at radius 1 is 0.592 bits per heavy atom. The smallest absolute Gasteiger partial charge is 0.343 e. The first-order valence-electron chi connectivity index (χ1n) is 23.1. The normalized spacial score (nSPS) is 14.2. The number of nitrogens with one attached hydrogen (secondary N) is 1. The van der Waals surface area contributed by atoms with E-state index >= 15 is 0 Å². The second-order valence-corrected chi connectivity index (χ2v) is 18.5. The van der Waals surface area contributed by atoms with E-state index in [1.54, 1.807) is 24.3 Å². The molecule has 0 radical (unpaired) electrons. The molecule has 11 rings (SSSR count). The molecule has 0 bridgehead atoms. The summed E-state index contributed by atoms with van der Waals surface area (Å²) in [6.45, 7) is 11.7. The van der Waals surface area contributed by atoms with E-state index in [-0.39, 0.29) is 55.3 Å². The Balaban J connectivity index is 0.924. The number of esters is 1. The van der Waals surface area contributed by atoms with Gasteiger partial charge in [0.1, 0.15) is 40.5 Å². The van der Waals surface area contributed by atoms with Gasteiger partial charge < -0.3 is 19.2 Å². The number of amides is 2. The number of carbonyl (C=O) groups is 5. The van der Waals surface area contributed by atoms with E-state index in [9.17, 15) is 28.8 Å². The predicted octanol–water partition coefficient (Wildman–Crippen LogP) is 12.0. The zero-order chi connectivity index (χ0) is 49.6. The number of allylic oxidation sites excluding steroid dienone is 4. The van der Waals surface area contributed by atoms with E-state index in [0.29, 0.717) is 40.7 Å². The van der Waals surface area contributed by atoms with E-state index in [4.69, 9.17) is 14.2 Å². The number of anilines is 1. The predicted molar refractivity (Wildman–Crippen MR) is 270 cm³/mol. The van der Waals surface area contributed by atoms with Gasteiger partial charge in [0.15, 0.2) is 11.6 Å². The second kappa shape index (κ2) is 16.9. The molecule has 348 valence electrons. The van der Waals surface area contributed by atoms with Crippen LogP contribution in [0, 0.1) is 41.5 Å². The molecule has 0 saturated heterocycles. The fourth-order valence-corrected chi connectivity index (χ4v) is 10.1. The highest BCUT2D eigenvalue weighted by atomic mass is 16.5. The number of hydrogen-bond donors (Lipinski definition) is 1. The zero-order valence-electron chi connectivity index (χ0n) is 39.5. The van der Waals surface area contributed by atoms with E-state index < -0.39 is 40.8 Å². The molecule has 8 aromatic rings. The fourth-order valence-electron chi connectivity index (χ4n) is 10.1. The average molecular weight is 938 g/mol. The Bertz CT molecular complexity index is 3740. The number of hydrogen-bond acceptors (Lipinski definition) is 10. The van der Waals surface area contributed by atoms with Crippen molar-refractivity contribution in [1.29, 1.82) is 0 Å². The highest BCUT2D eigenvalue weighted by molar-refractivity contribution is 6.41. The summed E-state index contributed by atoms with van der Waals surface area (Å²) in [7, 11) is 0. The van der Waals surface area contributed by atoms with Gasteiger partial charge >= 0.3 is 5.97 Å². The summed E-state index contributed by atoms with van der Waals surface area (Å²) >= 11 is 0. The van der Waals surface area contributed by atoms with E-state index in [2.05, 4.69) is 16.0 Å². The number of aryl methyl sites for hydroxylation is 6. The minimum absolute atomic E-state index is 0.0752.